The lowest BCUT2D eigenvalue weighted by Gasteiger charge is -2.20. The number of nitrogens with one attached hydrogen (secondary N) is 1. The number of benzene rings is 1. The molecule has 0 saturated heterocycles. The maximum absolute atomic E-state index is 11.2. The van der Waals surface area contributed by atoms with Crippen molar-refractivity contribution in [2.24, 2.45) is 0 Å². The van der Waals surface area contributed by atoms with E-state index in [1.165, 1.54) is 0 Å². The van der Waals surface area contributed by atoms with Crippen LogP contribution in [0.5, 0.6) is 0 Å². The number of aliphatic carboxylic acids is 1. The lowest BCUT2D eigenvalue weighted by molar-refractivity contribution is -0.139. The molecule has 0 aliphatic rings. The van der Waals surface area contributed by atoms with E-state index in [0.717, 1.165) is 24.8 Å². The van der Waals surface area contributed by atoms with Crippen LogP contribution in [-0.4, -0.2) is 23.2 Å². The van der Waals surface area contributed by atoms with Gasteiger partial charge in [0.25, 0.3) is 0 Å². The van der Waals surface area contributed by atoms with Crippen molar-refractivity contribution < 1.29 is 9.90 Å². The predicted molar refractivity (Wildman–Crippen MR) is 78.7 cm³/mol. The Bertz CT molecular complexity index is 409. The SMILES string of the molecule is CCCCC(NC(C)Cc1cccc(Cl)c1)C(=O)O. The molecule has 3 nitrogen and oxygen atoms in total. The van der Waals surface area contributed by atoms with E-state index in [1.54, 1.807) is 0 Å². The van der Waals surface area contributed by atoms with Crippen LogP contribution in [0.15, 0.2) is 24.3 Å². The van der Waals surface area contributed by atoms with Gasteiger partial charge in [0.2, 0.25) is 0 Å². The molecular formula is C15H22ClNO2. The summed E-state index contributed by atoms with van der Waals surface area (Å²) in [5.41, 5.74) is 1.12. The zero-order valence-corrected chi connectivity index (χ0v) is 12.3. The van der Waals surface area contributed by atoms with E-state index < -0.39 is 12.0 Å². The topological polar surface area (TPSA) is 49.3 Å². The van der Waals surface area contributed by atoms with Crippen molar-refractivity contribution in [3.05, 3.63) is 34.9 Å². The van der Waals surface area contributed by atoms with Crippen LogP contribution in [-0.2, 0) is 11.2 Å². The van der Waals surface area contributed by atoms with E-state index >= 15 is 0 Å². The number of unbranched alkanes of at least 4 members (excludes halogenated alkanes) is 1. The van der Waals surface area contributed by atoms with Crippen molar-refractivity contribution in [1.82, 2.24) is 5.32 Å². The predicted octanol–water partition coefficient (Wildman–Crippen LogP) is 3.50. The van der Waals surface area contributed by atoms with Crippen LogP contribution in [0.3, 0.4) is 0 Å². The highest BCUT2D eigenvalue weighted by Crippen LogP contribution is 2.13. The molecule has 1 rings (SSSR count). The van der Waals surface area contributed by atoms with Gasteiger partial charge in [0.15, 0.2) is 0 Å². The summed E-state index contributed by atoms with van der Waals surface area (Å²) in [4.78, 5) is 11.2. The van der Waals surface area contributed by atoms with Gasteiger partial charge in [-0.1, -0.05) is 43.5 Å². The lowest BCUT2D eigenvalue weighted by Crippen LogP contribution is -2.42. The van der Waals surface area contributed by atoms with E-state index in [4.69, 9.17) is 11.6 Å². The van der Waals surface area contributed by atoms with Crippen molar-refractivity contribution >= 4 is 17.6 Å². The van der Waals surface area contributed by atoms with Crippen LogP contribution in [0.1, 0.15) is 38.7 Å². The molecule has 1 aromatic carbocycles. The molecule has 0 aromatic heterocycles. The zero-order valence-electron chi connectivity index (χ0n) is 11.5. The summed E-state index contributed by atoms with van der Waals surface area (Å²) in [5.74, 6) is -0.772. The summed E-state index contributed by atoms with van der Waals surface area (Å²) in [6.45, 7) is 4.07. The minimum atomic E-state index is -0.772. The molecule has 0 aliphatic carbocycles. The quantitative estimate of drug-likeness (QED) is 0.768. The summed E-state index contributed by atoms with van der Waals surface area (Å²) in [6, 6.07) is 7.32. The van der Waals surface area contributed by atoms with E-state index in [2.05, 4.69) is 12.2 Å². The first-order valence-electron chi connectivity index (χ1n) is 6.76. The molecule has 4 heteroatoms. The fourth-order valence-corrected chi connectivity index (χ4v) is 2.32. The minimum Gasteiger partial charge on any atom is -0.480 e. The Kier molecular flexibility index (Phi) is 6.89. The number of hydrogen-bond donors (Lipinski definition) is 2. The summed E-state index contributed by atoms with van der Waals surface area (Å²) in [7, 11) is 0. The van der Waals surface area contributed by atoms with Crippen molar-refractivity contribution in [3.63, 3.8) is 0 Å². The second-order valence-corrected chi connectivity index (χ2v) is 5.37. The Balaban J connectivity index is 2.52. The van der Waals surface area contributed by atoms with Crippen LogP contribution in [0, 0.1) is 0 Å². The van der Waals surface area contributed by atoms with E-state index in [9.17, 15) is 9.90 Å². The van der Waals surface area contributed by atoms with Gasteiger partial charge in [-0.05, 0) is 37.5 Å². The lowest BCUT2D eigenvalue weighted by atomic mass is 10.0. The third-order valence-corrected chi connectivity index (χ3v) is 3.30. The smallest absolute Gasteiger partial charge is 0.320 e. The van der Waals surface area contributed by atoms with E-state index in [-0.39, 0.29) is 6.04 Å². The van der Waals surface area contributed by atoms with Crippen LogP contribution >= 0.6 is 11.6 Å². The number of rotatable bonds is 8. The molecule has 2 N–H and O–H groups in total. The van der Waals surface area contributed by atoms with Gasteiger partial charge in [-0.2, -0.15) is 0 Å². The van der Waals surface area contributed by atoms with E-state index in [1.807, 2.05) is 31.2 Å². The van der Waals surface area contributed by atoms with Gasteiger partial charge in [-0.3, -0.25) is 4.79 Å². The monoisotopic (exact) mass is 283 g/mol. The Morgan fingerprint density at radius 2 is 2.21 bits per heavy atom. The maximum Gasteiger partial charge on any atom is 0.320 e. The van der Waals surface area contributed by atoms with Gasteiger partial charge in [0, 0.05) is 11.1 Å². The first kappa shape index (κ1) is 16.0. The molecule has 2 atom stereocenters. The largest absolute Gasteiger partial charge is 0.480 e. The second-order valence-electron chi connectivity index (χ2n) is 4.93. The van der Waals surface area contributed by atoms with Crippen molar-refractivity contribution in [1.29, 1.82) is 0 Å². The standard InChI is InChI=1S/C15H22ClNO2/c1-3-4-8-14(15(18)19)17-11(2)9-12-6-5-7-13(16)10-12/h5-7,10-11,14,17H,3-4,8-9H2,1-2H3,(H,18,19). The molecule has 0 radical (unpaired) electrons. The average Bonchev–Trinajstić information content (AvgIpc) is 2.34. The van der Waals surface area contributed by atoms with Gasteiger partial charge >= 0.3 is 5.97 Å². The minimum absolute atomic E-state index is 0.108. The molecule has 1 aromatic rings. The number of carboxylic acids is 1. The van der Waals surface area contributed by atoms with Gasteiger partial charge in [0.1, 0.15) is 6.04 Å². The fraction of sp³-hybridized carbons (Fsp3) is 0.533. The number of halogens is 1. The molecule has 0 bridgehead atoms. The molecule has 0 fully saturated rings. The summed E-state index contributed by atoms with van der Waals surface area (Å²) >= 11 is 5.94. The first-order chi connectivity index (χ1) is 9.02. The Morgan fingerprint density at radius 1 is 1.47 bits per heavy atom. The molecule has 0 saturated carbocycles. The van der Waals surface area contributed by atoms with Gasteiger partial charge < -0.3 is 10.4 Å². The molecular weight excluding hydrogens is 262 g/mol. The second kappa shape index (κ2) is 8.18. The van der Waals surface area contributed by atoms with Gasteiger partial charge in [-0.25, -0.2) is 0 Å². The normalized spacial score (nSPS) is 14.1. The van der Waals surface area contributed by atoms with Crippen LogP contribution in [0.4, 0.5) is 0 Å². The summed E-state index contributed by atoms with van der Waals surface area (Å²) < 4.78 is 0. The van der Waals surface area contributed by atoms with E-state index in [0.29, 0.717) is 11.4 Å². The number of carboxylic acid groups (broad SMARTS) is 1. The highest BCUT2D eigenvalue weighted by atomic mass is 35.5. The van der Waals surface area contributed by atoms with Crippen molar-refractivity contribution in [3.8, 4) is 0 Å². The average molecular weight is 284 g/mol. The highest BCUT2D eigenvalue weighted by molar-refractivity contribution is 6.30. The third kappa shape index (κ3) is 6.08. The van der Waals surface area contributed by atoms with Crippen LogP contribution in [0.2, 0.25) is 5.02 Å². The zero-order chi connectivity index (χ0) is 14.3. The number of hydrogen-bond acceptors (Lipinski definition) is 2. The fourth-order valence-electron chi connectivity index (χ4n) is 2.11. The Hall–Kier alpha value is -1.06. The molecule has 0 heterocycles. The Labute approximate surface area is 120 Å². The summed E-state index contributed by atoms with van der Waals surface area (Å²) in [6.07, 6.45) is 3.38. The molecule has 0 aliphatic heterocycles. The molecule has 2 unspecified atom stereocenters. The maximum atomic E-state index is 11.2. The van der Waals surface area contributed by atoms with Crippen LogP contribution in [0.25, 0.3) is 0 Å². The van der Waals surface area contributed by atoms with Crippen molar-refractivity contribution in [2.45, 2.75) is 51.6 Å². The first-order valence-corrected chi connectivity index (χ1v) is 7.14. The molecule has 0 amide bonds. The number of carbonyl (C=O) groups is 1. The third-order valence-electron chi connectivity index (χ3n) is 3.06. The molecule has 19 heavy (non-hydrogen) atoms. The highest BCUT2D eigenvalue weighted by Gasteiger charge is 2.18. The van der Waals surface area contributed by atoms with Crippen molar-refractivity contribution in [2.75, 3.05) is 0 Å². The van der Waals surface area contributed by atoms with Gasteiger partial charge in [-0.15, -0.1) is 0 Å². The summed E-state index contributed by atoms with van der Waals surface area (Å²) in [5, 5.41) is 13.1. The van der Waals surface area contributed by atoms with Gasteiger partial charge in [0.05, 0.1) is 0 Å². The Morgan fingerprint density at radius 3 is 2.79 bits per heavy atom. The molecule has 0 spiro atoms. The van der Waals surface area contributed by atoms with Crippen LogP contribution < -0.4 is 5.32 Å². The molecule has 106 valence electrons.